The Kier molecular flexibility index (Phi) is 3.22. The molecule has 0 bridgehead atoms. The maximum Gasteiger partial charge on any atom is 0.252 e. The number of imide groups is 1. The van der Waals surface area contributed by atoms with Crippen molar-refractivity contribution < 1.29 is 9.59 Å². The zero-order valence-corrected chi connectivity index (χ0v) is 12.2. The summed E-state index contributed by atoms with van der Waals surface area (Å²) in [6.07, 6.45) is 0.235. The van der Waals surface area contributed by atoms with Gasteiger partial charge in [-0.3, -0.25) is 14.5 Å². The molecule has 0 saturated carbocycles. The van der Waals surface area contributed by atoms with E-state index in [1.165, 1.54) is 9.60 Å². The predicted octanol–water partition coefficient (Wildman–Crippen LogP) is 2.85. The lowest BCUT2D eigenvalue weighted by molar-refractivity contribution is -0.140. The number of amides is 2. The third kappa shape index (κ3) is 2.18. The van der Waals surface area contributed by atoms with E-state index < -0.39 is 6.04 Å². The van der Waals surface area contributed by atoms with E-state index in [1.807, 2.05) is 43.5 Å². The molecule has 1 aliphatic rings. The van der Waals surface area contributed by atoms with Gasteiger partial charge in [0.2, 0.25) is 5.91 Å². The molecule has 2 heterocycles. The molecule has 1 atom stereocenters. The lowest BCUT2D eigenvalue weighted by Crippen LogP contribution is -2.39. The fraction of sp³-hybridized carbons (Fsp3) is 0.333. The van der Waals surface area contributed by atoms with Gasteiger partial charge in [-0.15, -0.1) is 11.3 Å². The van der Waals surface area contributed by atoms with Gasteiger partial charge < -0.3 is 5.32 Å². The number of benzene rings is 1. The summed E-state index contributed by atoms with van der Waals surface area (Å²) in [6.45, 7) is 3.71. The average molecular weight is 288 g/mol. The van der Waals surface area contributed by atoms with Crippen LogP contribution in [0.2, 0.25) is 0 Å². The molecule has 5 heteroatoms. The maximum atomic E-state index is 12.2. The molecule has 0 aliphatic carbocycles. The molecule has 1 aromatic carbocycles. The van der Waals surface area contributed by atoms with Crippen LogP contribution in [-0.2, 0) is 9.59 Å². The highest BCUT2D eigenvalue weighted by atomic mass is 32.1. The molecule has 1 fully saturated rings. The number of fused-ring (bicyclic) bond motifs is 1. The van der Waals surface area contributed by atoms with Crippen molar-refractivity contribution in [2.24, 2.45) is 0 Å². The summed E-state index contributed by atoms with van der Waals surface area (Å²) >= 11 is 1.69. The van der Waals surface area contributed by atoms with Crippen molar-refractivity contribution in [2.75, 3.05) is 5.32 Å². The Labute approximate surface area is 121 Å². The molecule has 4 nitrogen and oxygen atoms in total. The third-order valence-corrected chi connectivity index (χ3v) is 4.39. The first-order valence-electron chi connectivity index (χ1n) is 6.66. The van der Waals surface area contributed by atoms with E-state index in [0.717, 1.165) is 11.1 Å². The van der Waals surface area contributed by atoms with Crippen molar-refractivity contribution in [3.63, 3.8) is 0 Å². The number of anilines is 1. The van der Waals surface area contributed by atoms with E-state index in [9.17, 15) is 9.59 Å². The molecule has 0 spiro atoms. The van der Waals surface area contributed by atoms with Crippen LogP contribution in [-0.4, -0.2) is 28.8 Å². The Balaban J connectivity index is 1.81. The number of hydrogen-bond acceptors (Lipinski definition) is 4. The van der Waals surface area contributed by atoms with Gasteiger partial charge in [-0.25, -0.2) is 0 Å². The number of nitrogens with zero attached hydrogens (tertiary/aromatic N) is 1. The summed E-state index contributed by atoms with van der Waals surface area (Å²) in [4.78, 5) is 25.4. The minimum absolute atomic E-state index is 0.0823. The van der Waals surface area contributed by atoms with E-state index in [0.29, 0.717) is 0 Å². The van der Waals surface area contributed by atoms with E-state index >= 15 is 0 Å². The highest BCUT2D eigenvalue weighted by Gasteiger charge is 2.39. The molecule has 1 N–H and O–H groups in total. The number of nitrogens with one attached hydrogen (secondary N) is 1. The zero-order chi connectivity index (χ0) is 14.3. The molecule has 104 valence electrons. The molecule has 2 aromatic rings. The normalized spacial score (nSPS) is 19.4. The van der Waals surface area contributed by atoms with Gasteiger partial charge in [0.25, 0.3) is 5.91 Å². The summed E-state index contributed by atoms with van der Waals surface area (Å²) < 4.78 is 1.22. The fourth-order valence-corrected chi connectivity index (χ4v) is 3.33. The van der Waals surface area contributed by atoms with Crippen molar-refractivity contribution >= 4 is 38.9 Å². The second-order valence-corrected chi connectivity index (χ2v) is 6.22. The molecule has 1 aromatic heterocycles. The highest BCUT2D eigenvalue weighted by Crippen LogP contribution is 2.26. The van der Waals surface area contributed by atoms with Gasteiger partial charge >= 0.3 is 0 Å². The summed E-state index contributed by atoms with van der Waals surface area (Å²) in [6, 6.07) is 7.52. The van der Waals surface area contributed by atoms with Gasteiger partial charge in [0, 0.05) is 16.4 Å². The Morgan fingerprint density at radius 3 is 2.80 bits per heavy atom. The van der Waals surface area contributed by atoms with Crippen molar-refractivity contribution in [3.8, 4) is 0 Å². The van der Waals surface area contributed by atoms with Crippen molar-refractivity contribution in [1.82, 2.24) is 4.90 Å². The number of thiophene rings is 1. The first kappa shape index (κ1) is 13.1. The lowest BCUT2D eigenvalue weighted by atomic mass is 10.2. The first-order chi connectivity index (χ1) is 9.56. The van der Waals surface area contributed by atoms with Crippen LogP contribution in [0.25, 0.3) is 10.1 Å². The van der Waals surface area contributed by atoms with Crippen LogP contribution in [0.4, 0.5) is 5.69 Å². The minimum atomic E-state index is -0.444. The zero-order valence-electron chi connectivity index (χ0n) is 11.4. The number of rotatable bonds is 3. The molecule has 20 heavy (non-hydrogen) atoms. The van der Waals surface area contributed by atoms with Gasteiger partial charge in [-0.1, -0.05) is 0 Å². The van der Waals surface area contributed by atoms with Gasteiger partial charge in [0.15, 0.2) is 0 Å². The van der Waals surface area contributed by atoms with Crippen molar-refractivity contribution in [1.29, 1.82) is 0 Å². The molecule has 1 aliphatic heterocycles. The van der Waals surface area contributed by atoms with Crippen molar-refractivity contribution in [2.45, 2.75) is 32.4 Å². The highest BCUT2D eigenvalue weighted by molar-refractivity contribution is 7.17. The van der Waals surface area contributed by atoms with Crippen LogP contribution in [0, 0.1) is 0 Å². The quantitative estimate of drug-likeness (QED) is 0.884. The van der Waals surface area contributed by atoms with Crippen LogP contribution in [0.5, 0.6) is 0 Å². The molecular weight excluding hydrogens is 272 g/mol. The molecule has 2 amide bonds. The van der Waals surface area contributed by atoms with Crippen LogP contribution in [0.15, 0.2) is 29.6 Å². The summed E-state index contributed by atoms with van der Waals surface area (Å²) in [5.74, 6) is -0.227. The molecule has 1 saturated heterocycles. The predicted molar refractivity (Wildman–Crippen MR) is 80.8 cm³/mol. The van der Waals surface area contributed by atoms with E-state index in [1.54, 1.807) is 11.3 Å². The van der Waals surface area contributed by atoms with Crippen LogP contribution < -0.4 is 5.32 Å². The smallest absolute Gasteiger partial charge is 0.252 e. The summed E-state index contributed by atoms with van der Waals surface area (Å²) in [5, 5.41) is 6.37. The standard InChI is InChI=1S/C15H16N2O2S/c1-9(2)17-14(18)8-12(15(17)19)16-11-3-4-13-10(7-11)5-6-20-13/h3-7,9,12,16H,8H2,1-2H3. The number of likely N-dealkylation sites (tertiary alicyclic amines) is 1. The van der Waals surface area contributed by atoms with Crippen LogP contribution >= 0.6 is 11.3 Å². The fourth-order valence-electron chi connectivity index (χ4n) is 2.56. The summed E-state index contributed by atoms with van der Waals surface area (Å²) in [7, 11) is 0. The van der Waals surface area contributed by atoms with Crippen molar-refractivity contribution in [3.05, 3.63) is 29.6 Å². The number of carbonyl (C=O) groups excluding carboxylic acids is 2. The Morgan fingerprint density at radius 1 is 1.30 bits per heavy atom. The molecule has 1 unspecified atom stereocenters. The Bertz CT molecular complexity index is 677. The first-order valence-corrected chi connectivity index (χ1v) is 7.54. The second kappa shape index (κ2) is 4.90. The molecule has 3 rings (SSSR count). The SMILES string of the molecule is CC(C)N1C(=O)CC(Nc2ccc3sccc3c2)C1=O. The third-order valence-electron chi connectivity index (χ3n) is 3.49. The Morgan fingerprint density at radius 2 is 2.10 bits per heavy atom. The van der Waals surface area contributed by atoms with Crippen LogP contribution in [0.1, 0.15) is 20.3 Å². The van der Waals surface area contributed by atoms with E-state index in [4.69, 9.17) is 0 Å². The monoisotopic (exact) mass is 288 g/mol. The average Bonchev–Trinajstić information content (AvgIpc) is 2.94. The van der Waals surface area contributed by atoms with Crippen LogP contribution in [0.3, 0.4) is 0 Å². The molecule has 0 radical (unpaired) electrons. The molecular formula is C15H16N2O2S. The maximum absolute atomic E-state index is 12.2. The number of carbonyl (C=O) groups is 2. The minimum Gasteiger partial charge on any atom is -0.373 e. The lowest BCUT2D eigenvalue weighted by Gasteiger charge is -2.19. The summed E-state index contributed by atoms with van der Waals surface area (Å²) in [5.41, 5.74) is 0.882. The topological polar surface area (TPSA) is 49.4 Å². The van der Waals surface area contributed by atoms with Gasteiger partial charge in [-0.2, -0.15) is 0 Å². The largest absolute Gasteiger partial charge is 0.373 e. The van der Waals surface area contributed by atoms with E-state index in [-0.39, 0.29) is 24.3 Å². The Hall–Kier alpha value is -1.88. The number of hydrogen-bond donors (Lipinski definition) is 1. The van der Waals surface area contributed by atoms with Gasteiger partial charge in [-0.05, 0) is 48.9 Å². The van der Waals surface area contributed by atoms with E-state index in [2.05, 4.69) is 5.32 Å². The second-order valence-electron chi connectivity index (χ2n) is 5.27. The van der Waals surface area contributed by atoms with Gasteiger partial charge in [0.1, 0.15) is 6.04 Å². The van der Waals surface area contributed by atoms with Gasteiger partial charge in [0.05, 0.1) is 6.42 Å².